The molecule has 7 heteroatoms. The van der Waals surface area contributed by atoms with Gasteiger partial charge in [-0.25, -0.2) is 14.6 Å². The van der Waals surface area contributed by atoms with Crippen molar-refractivity contribution in [3.05, 3.63) is 90.0 Å². The van der Waals surface area contributed by atoms with E-state index in [-0.39, 0.29) is 5.91 Å². The molecular formula is C21H20N6O. The molecule has 0 saturated carbocycles. The first-order valence-electron chi connectivity index (χ1n) is 8.94. The summed E-state index contributed by atoms with van der Waals surface area (Å²) in [7, 11) is 0. The van der Waals surface area contributed by atoms with Crippen LogP contribution in [0.25, 0.3) is 5.69 Å². The minimum atomic E-state index is -0.144. The van der Waals surface area contributed by atoms with Crippen molar-refractivity contribution in [2.45, 2.75) is 20.4 Å². The first-order chi connectivity index (χ1) is 13.6. The van der Waals surface area contributed by atoms with Gasteiger partial charge in [-0.2, -0.15) is 5.10 Å². The van der Waals surface area contributed by atoms with Gasteiger partial charge in [0.15, 0.2) is 0 Å². The highest BCUT2D eigenvalue weighted by Crippen LogP contribution is 2.17. The summed E-state index contributed by atoms with van der Waals surface area (Å²) in [5, 5.41) is 7.01. The van der Waals surface area contributed by atoms with Crippen molar-refractivity contribution in [3.8, 4) is 5.69 Å². The minimum absolute atomic E-state index is 0.144. The predicted octanol–water partition coefficient (Wildman–Crippen LogP) is 3.38. The van der Waals surface area contributed by atoms with Gasteiger partial charge in [-0.1, -0.05) is 12.1 Å². The lowest BCUT2D eigenvalue weighted by Crippen LogP contribution is -2.12. The molecule has 0 aliphatic carbocycles. The molecule has 0 spiro atoms. The van der Waals surface area contributed by atoms with Crippen molar-refractivity contribution in [3.63, 3.8) is 0 Å². The third-order valence-corrected chi connectivity index (χ3v) is 4.68. The van der Waals surface area contributed by atoms with Crippen LogP contribution >= 0.6 is 0 Å². The number of amides is 1. The number of carbonyl (C=O) groups excluding carboxylic acids is 1. The molecule has 0 fully saturated rings. The van der Waals surface area contributed by atoms with Crippen LogP contribution < -0.4 is 5.32 Å². The van der Waals surface area contributed by atoms with Crippen LogP contribution in [0.1, 0.15) is 27.3 Å². The smallest absolute Gasteiger partial charge is 0.255 e. The van der Waals surface area contributed by atoms with Crippen molar-refractivity contribution >= 4 is 11.6 Å². The fourth-order valence-corrected chi connectivity index (χ4v) is 2.93. The number of benzene rings is 2. The highest BCUT2D eigenvalue weighted by atomic mass is 16.1. The molecular weight excluding hydrogens is 352 g/mol. The third kappa shape index (κ3) is 3.68. The lowest BCUT2D eigenvalue weighted by Gasteiger charge is -2.09. The number of aryl methyl sites for hydroxylation is 1. The van der Waals surface area contributed by atoms with E-state index in [0.717, 1.165) is 28.3 Å². The van der Waals surface area contributed by atoms with Crippen LogP contribution in [0.2, 0.25) is 0 Å². The van der Waals surface area contributed by atoms with Gasteiger partial charge in [-0.05, 0) is 55.8 Å². The average Bonchev–Trinajstić information content (AvgIpc) is 3.33. The molecule has 1 N–H and O–H groups in total. The number of aromatic nitrogens is 5. The molecule has 0 radical (unpaired) electrons. The standard InChI is InChI=1S/C21H20N6O/c1-15-16(2)27(14-23-15)20-9-7-19(8-10-20)25-21(28)18-5-3-17(4-6-18)11-26-13-22-12-24-26/h3-10,12-14H,11H2,1-2H3,(H,25,28). The maximum atomic E-state index is 12.5. The molecule has 0 unspecified atom stereocenters. The molecule has 0 bridgehead atoms. The monoisotopic (exact) mass is 372 g/mol. The van der Waals surface area contributed by atoms with Gasteiger partial charge in [0.25, 0.3) is 5.91 Å². The molecule has 4 rings (SSSR count). The normalized spacial score (nSPS) is 10.8. The third-order valence-electron chi connectivity index (χ3n) is 4.68. The number of carbonyl (C=O) groups is 1. The second kappa shape index (κ2) is 7.48. The van der Waals surface area contributed by atoms with E-state index < -0.39 is 0 Å². The van der Waals surface area contributed by atoms with E-state index in [2.05, 4.69) is 20.4 Å². The van der Waals surface area contributed by atoms with Gasteiger partial charge >= 0.3 is 0 Å². The Morgan fingerprint density at radius 3 is 2.36 bits per heavy atom. The number of hydrogen-bond acceptors (Lipinski definition) is 4. The summed E-state index contributed by atoms with van der Waals surface area (Å²) in [4.78, 5) is 20.7. The second-order valence-electron chi connectivity index (χ2n) is 6.58. The average molecular weight is 372 g/mol. The Bertz CT molecular complexity index is 1080. The molecule has 2 aromatic carbocycles. The molecule has 2 aromatic heterocycles. The summed E-state index contributed by atoms with van der Waals surface area (Å²) in [6, 6.07) is 15.2. The van der Waals surface area contributed by atoms with Crippen LogP contribution in [0.15, 0.2) is 67.5 Å². The Kier molecular flexibility index (Phi) is 4.72. The molecule has 0 atom stereocenters. The Morgan fingerprint density at radius 1 is 1.00 bits per heavy atom. The van der Waals surface area contributed by atoms with Gasteiger partial charge in [0, 0.05) is 22.6 Å². The van der Waals surface area contributed by atoms with E-state index >= 15 is 0 Å². The Balaban J connectivity index is 1.42. The topological polar surface area (TPSA) is 77.6 Å². The molecule has 0 saturated heterocycles. The van der Waals surface area contributed by atoms with Crippen molar-refractivity contribution < 1.29 is 4.79 Å². The van der Waals surface area contributed by atoms with Gasteiger partial charge in [-0.15, -0.1) is 0 Å². The molecule has 7 nitrogen and oxygen atoms in total. The number of imidazole rings is 1. The minimum Gasteiger partial charge on any atom is -0.322 e. The molecule has 140 valence electrons. The summed E-state index contributed by atoms with van der Waals surface area (Å²) in [6.45, 7) is 4.64. The largest absolute Gasteiger partial charge is 0.322 e. The van der Waals surface area contributed by atoms with Gasteiger partial charge in [0.1, 0.15) is 12.7 Å². The van der Waals surface area contributed by atoms with E-state index in [0.29, 0.717) is 12.1 Å². The summed E-state index contributed by atoms with van der Waals surface area (Å²) >= 11 is 0. The number of rotatable bonds is 5. The molecule has 2 heterocycles. The fourth-order valence-electron chi connectivity index (χ4n) is 2.93. The maximum absolute atomic E-state index is 12.5. The SMILES string of the molecule is Cc1ncn(-c2ccc(NC(=O)c3ccc(Cn4cncn4)cc3)cc2)c1C. The van der Waals surface area contributed by atoms with Gasteiger partial charge < -0.3 is 9.88 Å². The number of nitrogens with zero attached hydrogens (tertiary/aromatic N) is 5. The predicted molar refractivity (Wildman–Crippen MR) is 107 cm³/mol. The van der Waals surface area contributed by atoms with E-state index in [4.69, 9.17) is 0 Å². The van der Waals surface area contributed by atoms with Crippen molar-refractivity contribution in [2.24, 2.45) is 0 Å². The first kappa shape index (κ1) is 17.7. The van der Waals surface area contributed by atoms with Gasteiger partial charge in [0.05, 0.1) is 18.6 Å². The maximum Gasteiger partial charge on any atom is 0.255 e. The molecule has 1 amide bonds. The molecule has 0 aliphatic heterocycles. The van der Waals surface area contributed by atoms with E-state index in [1.807, 2.05) is 66.9 Å². The summed E-state index contributed by atoms with van der Waals surface area (Å²) in [5.41, 5.74) is 5.51. The van der Waals surface area contributed by atoms with Gasteiger partial charge in [0.2, 0.25) is 0 Å². The van der Waals surface area contributed by atoms with Crippen LogP contribution in [0.5, 0.6) is 0 Å². The number of hydrogen-bond donors (Lipinski definition) is 1. The number of nitrogens with one attached hydrogen (secondary N) is 1. The highest BCUT2D eigenvalue weighted by molar-refractivity contribution is 6.04. The van der Waals surface area contributed by atoms with Crippen LogP contribution in [0.4, 0.5) is 5.69 Å². The Morgan fingerprint density at radius 2 is 1.75 bits per heavy atom. The zero-order valence-electron chi connectivity index (χ0n) is 15.7. The first-order valence-corrected chi connectivity index (χ1v) is 8.94. The van der Waals surface area contributed by atoms with Crippen molar-refractivity contribution in [1.82, 2.24) is 24.3 Å². The van der Waals surface area contributed by atoms with E-state index in [1.54, 1.807) is 17.3 Å². The Labute approximate surface area is 162 Å². The number of anilines is 1. The van der Waals surface area contributed by atoms with Crippen LogP contribution in [0, 0.1) is 13.8 Å². The second-order valence-corrected chi connectivity index (χ2v) is 6.58. The molecule has 28 heavy (non-hydrogen) atoms. The van der Waals surface area contributed by atoms with E-state index in [1.165, 1.54) is 6.33 Å². The summed E-state index contributed by atoms with van der Waals surface area (Å²) < 4.78 is 3.76. The van der Waals surface area contributed by atoms with Crippen molar-refractivity contribution in [1.29, 1.82) is 0 Å². The quantitative estimate of drug-likeness (QED) is 0.583. The highest BCUT2D eigenvalue weighted by Gasteiger charge is 2.08. The zero-order chi connectivity index (χ0) is 19.5. The summed E-state index contributed by atoms with van der Waals surface area (Å²) in [6.07, 6.45) is 4.97. The van der Waals surface area contributed by atoms with Crippen molar-refractivity contribution in [2.75, 3.05) is 5.32 Å². The van der Waals surface area contributed by atoms with Crippen LogP contribution in [-0.4, -0.2) is 30.2 Å². The molecule has 0 aliphatic rings. The zero-order valence-corrected chi connectivity index (χ0v) is 15.7. The summed E-state index contributed by atoms with van der Waals surface area (Å²) in [5.74, 6) is -0.144. The lowest BCUT2D eigenvalue weighted by molar-refractivity contribution is 0.102. The van der Waals surface area contributed by atoms with Crippen LogP contribution in [-0.2, 0) is 6.54 Å². The van der Waals surface area contributed by atoms with E-state index in [9.17, 15) is 4.79 Å². The van der Waals surface area contributed by atoms with Crippen LogP contribution in [0.3, 0.4) is 0 Å². The lowest BCUT2D eigenvalue weighted by atomic mass is 10.1. The van der Waals surface area contributed by atoms with Gasteiger partial charge in [-0.3, -0.25) is 4.79 Å². The fraction of sp³-hybridized carbons (Fsp3) is 0.143. The molecule has 4 aromatic rings. The Hall–Kier alpha value is -3.74.